The van der Waals surface area contributed by atoms with E-state index in [0.29, 0.717) is 11.8 Å². The number of rotatable bonds is 7. The number of hydrogen-bond acceptors (Lipinski definition) is 5. The molecular weight excluding hydrogens is 416 g/mol. The van der Waals surface area contributed by atoms with Crippen LogP contribution in [0, 0.1) is 18.8 Å². The third-order valence-electron chi connectivity index (χ3n) is 6.60. The van der Waals surface area contributed by atoms with E-state index < -0.39 is 0 Å². The van der Waals surface area contributed by atoms with Gasteiger partial charge in [-0.25, -0.2) is 0 Å². The first kappa shape index (κ1) is 21.2. The Morgan fingerprint density at radius 2 is 1.97 bits per heavy atom. The van der Waals surface area contributed by atoms with Crippen LogP contribution in [-0.2, 0) is 4.79 Å². The lowest BCUT2D eigenvalue weighted by molar-refractivity contribution is -0.116. The Hall–Kier alpha value is -2.70. The van der Waals surface area contributed by atoms with Crippen LogP contribution in [0.5, 0.6) is 0 Å². The van der Waals surface area contributed by atoms with Crippen LogP contribution in [0.25, 0.3) is 16.2 Å². The molecule has 2 aromatic carbocycles. The molecule has 5 nitrogen and oxygen atoms in total. The number of aryl methyl sites for hydroxylation is 1. The van der Waals surface area contributed by atoms with Crippen LogP contribution in [0.4, 0.5) is 5.82 Å². The fourth-order valence-corrected chi connectivity index (χ4v) is 5.39. The fourth-order valence-electron chi connectivity index (χ4n) is 4.59. The first-order chi connectivity index (χ1) is 15.7. The molecule has 2 aliphatic rings. The summed E-state index contributed by atoms with van der Waals surface area (Å²) in [6.45, 7) is 8.22. The number of carbonyl (C=O) groups excluding carboxylic acids is 1. The summed E-state index contributed by atoms with van der Waals surface area (Å²) in [7, 11) is 0. The number of aromatic nitrogens is 1. The second-order valence-corrected chi connectivity index (χ2v) is 9.84. The van der Waals surface area contributed by atoms with Gasteiger partial charge in [0.05, 0.1) is 4.70 Å². The van der Waals surface area contributed by atoms with Crippen LogP contribution in [-0.4, -0.2) is 54.4 Å². The van der Waals surface area contributed by atoms with E-state index in [9.17, 15) is 4.79 Å². The normalized spacial score (nSPS) is 21.3. The van der Waals surface area contributed by atoms with Gasteiger partial charge in [-0.1, -0.05) is 42.0 Å². The minimum absolute atomic E-state index is 0.00117. The zero-order chi connectivity index (χ0) is 21.9. The molecule has 1 saturated carbocycles. The van der Waals surface area contributed by atoms with E-state index in [0.717, 1.165) is 50.6 Å². The predicted molar refractivity (Wildman–Crippen MR) is 133 cm³/mol. The lowest BCUT2D eigenvalue weighted by atomic mass is 10.1. The van der Waals surface area contributed by atoms with Gasteiger partial charge in [-0.05, 0) is 60.5 Å². The van der Waals surface area contributed by atoms with E-state index in [1.54, 1.807) is 17.6 Å². The Labute approximate surface area is 193 Å². The molecule has 166 valence electrons. The van der Waals surface area contributed by atoms with E-state index in [2.05, 4.69) is 58.4 Å². The van der Waals surface area contributed by atoms with Crippen molar-refractivity contribution < 1.29 is 4.79 Å². The average Bonchev–Trinajstić information content (AvgIpc) is 3.41. The van der Waals surface area contributed by atoms with Gasteiger partial charge in [0.25, 0.3) is 0 Å². The molecule has 0 unspecified atom stereocenters. The van der Waals surface area contributed by atoms with Crippen LogP contribution < -0.4 is 10.2 Å². The number of benzene rings is 2. The predicted octanol–water partition coefficient (Wildman–Crippen LogP) is 4.19. The minimum atomic E-state index is 0.00117. The Balaban J connectivity index is 1.03. The quantitative estimate of drug-likeness (QED) is 0.553. The highest BCUT2D eigenvalue weighted by atomic mass is 32.1. The fraction of sp³-hybridized carbons (Fsp3) is 0.385. The van der Waals surface area contributed by atoms with Crippen molar-refractivity contribution in [2.75, 3.05) is 44.2 Å². The van der Waals surface area contributed by atoms with Crippen molar-refractivity contribution >= 4 is 39.4 Å². The molecule has 5 rings (SSSR count). The molecule has 0 bridgehead atoms. The zero-order valence-electron chi connectivity index (χ0n) is 18.5. The number of nitrogens with one attached hydrogen (secondary N) is 1. The number of piperazine rings is 1. The van der Waals surface area contributed by atoms with Crippen molar-refractivity contribution in [3.8, 4) is 0 Å². The third kappa shape index (κ3) is 5.03. The zero-order valence-corrected chi connectivity index (χ0v) is 19.4. The summed E-state index contributed by atoms with van der Waals surface area (Å²) in [5.74, 6) is 2.48. The monoisotopic (exact) mass is 446 g/mol. The molecule has 0 radical (unpaired) electrons. The highest BCUT2D eigenvalue weighted by molar-refractivity contribution is 7.13. The van der Waals surface area contributed by atoms with Gasteiger partial charge in [0.15, 0.2) is 0 Å². The first-order valence-electron chi connectivity index (χ1n) is 11.5. The second kappa shape index (κ2) is 9.43. The number of amides is 1. The van der Waals surface area contributed by atoms with Gasteiger partial charge < -0.3 is 10.2 Å². The number of anilines is 1. The van der Waals surface area contributed by atoms with Crippen molar-refractivity contribution in [1.82, 2.24) is 14.6 Å². The largest absolute Gasteiger partial charge is 0.353 e. The van der Waals surface area contributed by atoms with Crippen LogP contribution in [0.3, 0.4) is 0 Å². The van der Waals surface area contributed by atoms with Gasteiger partial charge >= 0.3 is 0 Å². The van der Waals surface area contributed by atoms with Crippen molar-refractivity contribution in [3.63, 3.8) is 0 Å². The second-order valence-electron chi connectivity index (χ2n) is 9.04. The topological polar surface area (TPSA) is 48.5 Å². The maximum absolute atomic E-state index is 12.2. The van der Waals surface area contributed by atoms with E-state index in [-0.39, 0.29) is 5.91 Å². The molecule has 2 heterocycles. The molecule has 2 fully saturated rings. The maximum Gasteiger partial charge on any atom is 0.244 e. The Morgan fingerprint density at radius 1 is 1.12 bits per heavy atom. The van der Waals surface area contributed by atoms with E-state index in [1.807, 2.05) is 18.2 Å². The standard InChI is InChI=1S/C26H30N4OS/c1-19-5-4-6-20(15-19)9-10-25(31)27-17-21-16-22(21)18-29-11-13-30(14-12-29)26-23-7-2-3-8-24(23)32-28-26/h2-10,15,21-22H,11-14,16-18H2,1H3,(H,27,31)/b10-9+/t21-,22-/m1/s1. The molecule has 1 saturated heterocycles. The highest BCUT2D eigenvalue weighted by Gasteiger charge is 2.38. The molecule has 1 amide bonds. The lowest BCUT2D eigenvalue weighted by Crippen LogP contribution is -2.47. The molecule has 6 heteroatoms. The Kier molecular flexibility index (Phi) is 6.23. The maximum atomic E-state index is 12.2. The van der Waals surface area contributed by atoms with Gasteiger partial charge in [-0.2, -0.15) is 4.37 Å². The van der Waals surface area contributed by atoms with Crippen LogP contribution in [0.15, 0.2) is 54.6 Å². The van der Waals surface area contributed by atoms with Crippen LogP contribution >= 0.6 is 11.5 Å². The summed E-state index contributed by atoms with van der Waals surface area (Å²) in [6.07, 6.45) is 4.75. The van der Waals surface area contributed by atoms with Crippen molar-refractivity contribution in [2.45, 2.75) is 13.3 Å². The summed E-state index contributed by atoms with van der Waals surface area (Å²) in [5.41, 5.74) is 2.27. The van der Waals surface area contributed by atoms with Crippen molar-refractivity contribution in [2.24, 2.45) is 11.8 Å². The van der Waals surface area contributed by atoms with E-state index >= 15 is 0 Å². The Morgan fingerprint density at radius 3 is 2.81 bits per heavy atom. The number of hydrogen-bond donors (Lipinski definition) is 1. The highest BCUT2D eigenvalue weighted by Crippen LogP contribution is 2.39. The summed E-state index contributed by atoms with van der Waals surface area (Å²) < 4.78 is 5.98. The third-order valence-corrected chi connectivity index (χ3v) is 7.42. The average molecular weight is 447 g/mol. The number of carbonyl (C=O) groups is 1. The molecule has 0 spiro atoms. The van der Waals surface area contributed by atoms with Gasteiger partial charge in [0.1, 0.15) is 5.82 Å². The van der Waals surface area contributed by atoms with Crippen molar-refractivity contribution in [3.05, 3.63) is 65.7 Å². The molecule has 1 aliphatic heterocycles. The molecule has 1 N–H and O–H groups in total. The summed E-state index contributed by atoms with van der Waals surface area (Å²) in [4.78, 5) is 17.2. The molecular formula is C26H30N4OS. The SMILES string of the molecule is Cc1cccc(/C=C/C(=O)NC[C@H]2C[C@@H]2CN2CCN(c3nsc4ccccc34)CC2)c1. The molecule has 1 aliphatic carbocycles. The van der Waals surface area contributed by atoms with E-state index in [4.69, 9.17) is 4.37 Å². The van der Waals surface area contributed by atoms with Crippen LogP contribution in [0.1, 0.15) is 17.5 Å². The summed E-state index contributed by atoms with van der Waals surface area (Å²) in [5, 5.41) is 4.36. The molecule has 2 atom stereocenters. The first-order valence-corrected chi connectivity index (χ1v) is 12.3. The van der Waals surface area contributed by atoms with Crippen LogP contribution in [0.2, 0.25) is 0 Å². The van der Waals surface area contributed by atoms with Crippen molar-refractivity contribution in [1.29, 1.82) is 0 Å². The molecule has 32 heavy (non-hydrogen) atoms. The smallest absolute Gasteiger partial charge is 0.244 e. The van der Waals surface area contributed by atoms with Gasteiger partial charge in [-0.3, -0.25) is 9.69 Å². The summed E-state index contributed by atoms with van der Waals surface area (Å²) >= 11 is 1.60. The number of fused-ring (bicyclic) bond motifs is 1. The van der Waals surface area contributed by atoms with E-state index in [1.165, 1.54) is 22.1 Å². The summed E-state index contributed by atoms with van der Waals surface area (Å²) in [6, 6.07) is 16.7. The molecule has 1 aromatic heterocycles. The minimum Gasteiger partial charge on any atom is -0.353 e. The Bertz CT molecular complexity index is 1120. The van der Waals surface area contributed by atoms with Gasteiger partial charge in [-0.15, -0.1) is 0 Å². The molecule has 3 aromatic rings. The lowest BCUT2D eigenvalue weighted by Gasteiger charge is -2.35. The van der Waals surface area contributed by atoms with Gasteiger partial charge in [0.2, 0.25) is 5.91 Å². The van der Waals surface area contributed by atoms with Gasteiger partial charge in [0, 0.05) is 50.7 Å². The number of nitrogens with zero attached hydrogens (tertiary/aromatic N) is 3.